The van der Waals surface area contributed by atoms with Gasteiger partial charge in [-0.1, -0.05) is 0 Å². The van der Waals surface area contributed by atoms with Crippen LogP contribution in [0.4, 0.5) is 18.9 Å². The number of benzene rings is 2. The van der Waals surface area contributed by atoms with E-state index in [1.807, 2.05) is 0 Å². The summed E-state index contributed by atoms with van der Waals surface area (Å²) in [5, 5.41) is 2.94. The van der Waals surface area contributed by atoms with Crippen LogP contribution in [-0.2, 0) is 0 Å². The van der Waals surface area contributed by atoms with Gasteiger partial charge < -0.3 is 15.8 Å². The highest BCUT2D eigenvalue weighted by molar-refractivity contribution is 5.50. The highest BCUT2D eigenvalue weighted by atomic mass is 19.1. The Morgan fingerprint density at radius 1 is 1.10 bits per heavy atom. The normalized spacial score (nSPS) is 12.0. The van der Waals surface area contributed by atoms with Crippen molar-refractivity contribution in [3.05, 3.63) is 59.4 Å². The van der Waals surface area contributed by atoms with Crippen molar-refractivity contribution in [3.63, 3.8) is 0 Å². The number of nitrogens with one attached hydrogen (secondary N) is 1. The second-order valence-corrected chi connectivity index (χ2v) is 4.45. The predicted octanol–water partition coefficient (Wildman–Crippen LogP) is 3.22. The molecule has 1 unspecified atom stereocenters. The third-order valence-corrected chi connectivity index (χ3v) is 3.06. The summed E-state index contributed by atoms with van der Waals surface area (Å²) in [7, 11) is 1.34. The maximum atomic E-state index is 13.8. The summed E-state index contributed by atoms with van der Waals surface area (Å²) in [6.07, 6.45) is 0. The summed E-state index contributed by atoms with van der Waals surface area (Å²) in [4.78, 5) is 0. The lowest BCUT2D eigenvalue weighted by atomic mass is 10.1. The first-order valence-electron chi connectivity index (χ1n) is 6.30. The van der Waals surface area contributed by atoms with Crippen LogP contribution in [0.2, 0.25) is 0 Å². The quantitative estimate of drug-likeness (QED) is 0.890. The van der Waals surface area contributed by atoms with Crippen LogP contribution in [0.3, 0.4) is 0 Å². The molecule has 21 heavy (non-hydrogen) atoms. The van der Waals surface area contributed by atoms with Gasteiger partial charge in [0.2, 0.25) is 0 Å². The fraction of sp³-hybridized carbons (Fsp3) is 0.200. The van der Waals surface area contributed by atoms with Gasteiger partial charge in [0.1, 0.15) is 11.6 Å². The van der Waals surface area contributed by atoms with Crippen LogP contribution in [0.25, 0.3) is 0 Å². The minimum absolute atomic E-state index is 0.0417. The van der Waals surface area contributed by atoms with E-state index in [0.29, 0.717) is 5.69 Å². The SMILES string of the molecule is COc1cc(NC(CN)c2cc(F)ccc2F)ccc1F. The fourth-order valence-corrected chi connectivity index (χ4v) is 2.00. The molecular weight excluding hydrogens is 281 g/mol. The van der Waals surface area contributed by atoms with Gasteiger partial charge in [0.15, 0.2) is 11.6 Å². The van der Waals surface area contributed by atoms with Crippen molar-refractivity contribution in [1.82, 2.24) is 0 Å². The molecule has 0 saturated carbocycles. The Bertz CT molecular complexity index is 634. The van der Waals surface area contributed by atoms with Gasteiger partial charge in [-0.15, -0.1) is 0 Å². The molecule has 0 amide bonds. The van der Waals surface area contributed by atoms with E-state index in [9.17, 15) is 13.2 Å². The van der Waals surface area contributed by atoms with Crippen LogP contribution in [0.5, 0.6) is 5.75 Å². The predicted molar refractivity (Wildman–Crippen MR) is 74.7 cm³/mol. The van der Waals surface area contributed by atoms with E-state index in [0.717, 1.165) is 18.2 Å². The molecule has 2 aromatic rings. The third-order valence-electron chi connectivity index (χ3n) is 3.06. The van der Waals surface area contributed by atoms with Crippen molar-refractivity contribution >= 4 is 5.69 Å². The molecule has 2 rings (SSSR count). The average molecular weight is 296 g/mol. The maximum Gasteiger partial charge on any atom is 0.165 e. The zero-order chi connectivity index (χ0) is 15.4. The van der Waals surface area contributed by atoms with Crippen LogP contribution in [0.1, 0.15) is 11.6 Å². The summed E-state index contributed by atoms with van der Waals surface area (Å²) in [5.41, 5.74) is 6.22. The molecule has 1 atom stereocenters. The molecule has 0 aliphatic heterocycles. The molecule has 112 valence electrons. The van der Waals surface area contributed by atoms with Crippen LogP contribution >= 0.6 is 0 Å². The summed E-state index contributed by atoms with van der Waals surface area (Å²) < 4.78 is 45.2. The van der Waals surface area contributed by atoms with Crippen LogP contribution in [-0.4, -0.2) is 13.7 Å². The van der Waals surface area contributed by atoms with E-state index in [1.165, 1.54) is 25.3 Å². The Balaban J connectivity index is 2.29. The van der Waals surface area contributed by atoms with Crippen molar-refractivity contribution in [2.45, 2.75) is 6.04 Å². The number of halogens is 3. The van der Waals surface area contributed by atoms with E-state index < -0.39 is 23.5 Å². The topological polar surface area (TPSA) is 47.3 Å². The number of anilines is 1. The van der Waals surface area contributed by atoms with Gasteiger partial charge in [0.05, 0.1) is 13.2 Å². The Morgan fingerprint density at radius 3 is 2.48 bits per heavy atom. The molecule has 0 fully saturated rings. The Labute approximate surface area is 120 Å². The lowest BCUT2D eigenvalue weighted by molar-refractivity contribution is 0.386. The Kier molecular flexibility index (Phi) is 4.70. The van der Waals surface area contributed by atoms with Gasteiger partial charge in [-0.2, -0.15) is 0 Å². The maximum absolute atomic E-state index is 13.8. The Morgan fingerprint density at radius 2 is 1.81 bits per heavy atom. The first kappa shape index (κ1) is 15.2. The third kappa shape index (κ3) is 3.46. The molecule has 2 aromatic carbocycles. The zero-order valence-corrected chi connectivity index (χ0v) is 11.4. The first-order chi connectivity index (χ1) is 10.0. The second kappa shape index (κ2) is 6.49. The molecule has 0 radical (unpaired) electrons. The largest absolute Gasteiger partial charge is 0.494 e. The first-order valence-corrected chi connectivity index (χ1v) is 6.30. The lowest BCUT2D eigenvalue weighted by Crippen LogP contribution is -2.22. The highest BCUT2D eigenvalue weighted by Crippen LogP contribution is 2.26. The van der Waals surface area contributed by atoms with Gasteiger partial charge in [-0.25, -0.2) is 13.2 Å². The fourth-order valence-electron chi connectivity index (χ4n) is 2.00. The number of rotatable bonds is 5. The van der Waals surface area contributed by atoms with E-state index in [2.05, 4.69) is 5.32 Å². The molecule has 3 nitrogen and oxygen atoms in total. The monoisotopic (exact) mass is 296 g/mol. The minimum Gasteiger partial charge on any atom is -0.494 e. The summed E-state index contributed by atoms with van der Waals surface area (Å²) in [6, 6.07) is 6.63. The van der Waals surface area contributed by atoms with Crippen molar-refractivity contribution in [2.24, 2.45) is 5.73 Å². The number of hydrogen-bond acceptors (Lipinski definition) is 3. The molecule has 0 spiro atoms. The van der Waals surface area contributed by atoms with E-state index in [-0.39, 0.29) is 17.9 Å². The highest BCUT2D eigenvalue weighted by Gasteiger charge is 2.16. The number of ether oxygens (including phenoxy) is 1. The molecular formula is C15H15F3N2O. The molecule has 3 N–H and O–H groups in total. The Hall–Kier alpha value is -2.21. The van der Waals surface area contributed by atoms with Crippen LogP contribution < -0.4 is 15.8 Å². The van der Waals surface area contributed by atoms with Gasteiger partial charge >= 0.3 is 0 Å². The van der Waals surface area contributed by atoms with Crippen molar-refractivity contribution in [1.29, 1.82) is 0 Å². The van der Waals surface area contributed by atoms with Gasteiger partial charge in [-0.3, -0.25) is 0 Å². The van der Waals surface area contributed by atoms with Crippen LogP contribution in [0, 0.1) is 17.5 Å². The van der Waals surface area contributed by atoms with E-state index in [4.69, 9.17) is 10.5 Å². The molecule has 0 heterocycles. The van der Waals surface area contributed by atoms with Gasteiger partial charge in [-0.05, 0) is 30.3 Å². The summed E-state index contributed by atoms with van der Waals surface area (Å²) >= 11 is 0. The number of nitrogens with two attached hydrogens (primary N) is 1. The minimum atomic E-state index is -0.643. The molecule has 0 saturated heterocycles. The molecule has 0 aromatic heterocycles. The van der Waals surface area contributed by atoms with E-state index >= 15 is 0 Å². The summed E-state index contributed by atoms with van der Waals surface area (Å²) in [5.74, 6) is -1.57. The second-order valence-electron chi connectivity index (χ2n) is 4.45. The molecule has 0 aliphatic rings. The lowest BCUT2D eigenvalue weighted by Gasteiger charge is -2.19. The zero-order valence-electron chi connectivity index (χ0n) is 11.4. The number of hydrogen-bond donors (Lipinski definition) is 2. The molecule has 6 heteroatoms. The van der Waals surface area contributed by atoms with E-state index in [1.54, 1.807) is 0 Å². The van der Waals surface area contributed by atoms with Crippen LogP contribution in [0.15, 0.2) is 36.4 Å². The van der Waals surface area contributed by atoms with Gasteiger partial charge in [0, 0.05) is 23.9 Å². The smallest absolute Gasteiger partial charge is 0.165 e. The molecule has 0 aliphatic carbocycles. The van der Waals surface area contributed by atoms with Crippen molar-refractivity contribution in [2.75, 3.05) is 19.0 Å². The average Bonchev–Trinajstić information content (AvgIpc) is 2.49. The van der Waals surface area contributed by atoms with Crippen molar-refractivity contribution < 1.29 is 17.9 Å². The standard InChI is InChI=1S/C15H15F3N2O/c1-21-15-7-10(3-5-13(15)18)20-14(8-19)11-6-9(16)2-4-12(11)17/h2-7,14,20H,8,19H2,1H3. The van der Waals surface area contributed by atoms with Crippen molar-refractivity contribution in [3.8, 4) is 5.75 Å². The molecule has 0 bridgehead atoms. The number of methoxy groups -OCH3 is 1. The summed E-state index contributed by atoms with van der Waals surface area (Å²) in [6.45, 7) is 0.0417. The van der Waals surface area contributed by atoms with Gasteiger partial charge in [0.25, 0.3) is 0 Å².